The zero-order valence-corrected chi connectivity index (χ0v) is 12.7. The summed E-state index contributed by atoms with van der Waals surface area (Å²) in [5.74, 6) is 0. The molecule has 0 unspecified atom stereocenters. The number of rotatable bonds is 3. The zero-order chi connectivity index (χ0) is 14.1. The van der Waals surface area contributed by atoms with Crippen LogP contribution in [-0.4, -0.2) is 13.2 Å². The Balaban J connectivity index is 0.000000312. The normalized spacial score (nSPS) is 9.68. The highest BCUT2D eigenvalue weighted by Crippen LogP contribution is 2.28. The molecule has 0 fully saturated rings. The summed E-state index contributed by atoms with van der Waals surface area (Å²) >= 11 is 11.8. The predicted octanol–water partition coefficient (Wildman–Crippen LogP) is 5.70. The van der Waals surface area contributed by atoms with E-state index in [0.717, 1.165) is 24.3 Å². The van der Waals surface area contributed by atoms with E-state index >= 15 is 0 Å². The van der Waals surface area contributed by atoms with Gasteiger partial charge in [-0.15, -0.1) is 0 Å². The lowest BCUT2D eigenvalue weighted by molar-refractivity contribution is 0.162. The van der Waals surface area contributed by atoms with Gasteiger partial charge in [-0.05, 0) is 37.1 Å². The lowest BCUT2D eigenvalue weighted by atomic mass is 10.1. The maximum Gasteiger partial charge on any atom is 0.0598 e. The number of ether oxygens (including phenoxy) is 1. The minimum absolute atomic E-state index is 0.589. The van der Waals surface area contributed by atoms with E-state index in [1.807, 2.05) is 62.4 Å². The average molecular weight is 297 g/mol. The number of benzene rings is 2. The van der Waals surface area contributed by atoms with Gasteiger partial charge in [0.1, 0.15) is 0 Å². The highest BCUT2D eigenvalue weighted by molar-refractivity contribution is 6.42. The van der Waals surface area contributed by atoms with E-state index < -0.39 is 0 Å². The molecular weight excluding hydrogens is 279 g/mol. The Morgan fingerprint density at radius 1 is 0.789 bits per heavy atom. The fourth-order valence-corrected chi connectivity index (χ4v) is 1.81. The van der Waals surface area contributed by atoms with Crippen molar-refractivity contribution >= 4 is 23.2 Å². The minimum atomic E-state index is 0.589. The molecule has 0 atom stereocenters. The molecule has 0 aliphatic carbocycles. The summed E-state index contributed by atoms with van der Waals surface area (Å²) in [6, 6.07) is 15.7. The molecule has 0 radical (unpaired) electrons. The van der Waals surface area contributed by atoms with E-state index in [1.54, 1.807) is 0 Å². The second-order valence-electron chi connectivity index (χ2n) is 3.78. The van der Waals surface area contributed by atoms with Crippen molar-refractivity contribution in [3.8, 4) is 11.1 Å². The van der Waals surface area contributed by atoms with Gasteiger partial charge in [0, 0.05) is 13.2 Å². The van der Waals surface area contributed by atoms with Crippen LogP contribution >= 0.6 is 23.2 Å². The standard InChI is InChI=1S/C12H8Cl2.C4H10O/c13-11-7-6-10(8-12(11)14)9-4-2-1-3-5-9;1-3-5-4-2/h1-8H;3-4H2,1-2H3. The lowest BCUT2D eigenvalue weighted by Gasteiger charge is -2.02. The van der Waals surface area contributed by atoms with Crippen LogP contribution in [0.1, 0.15) is 13.8 Å². The molecule has 0 N–H and O–H groups in total. The highest BCUT2D eigenvalue weighted by Gasteiger charge is 2.00. The van der Waals surface area contributed by atoms with Crippen LogP contribution in [0.2, 0.25) is 10.0 Å². The van der Waals surface area contributed by atoms with Gasteiger partial charge in [-0.3, -0.25) is 0 Å². The van der Waals surface area contributed by atoms with Gasteiger partial charge < -0.3 is 4.74 Å². The van der Waals surface area contributed by atoms with Crippen molar-refractivity contribution in [2.75, 3.05) is 13.2 Å². The molecule has 0 spiro atoms. The summed E-state index contributed by atoms with van der Waals surface area (Å²) in [4.78, 5) is 0. The molecule has 0 saturated heterocycles. The van der Waals surface area contributed by atoms with E-state index in [0.29, 0.717) is 10.0 Å². The van der Waals surface area contributed by atoms with Gasteiger partial charge in [-0.1, -0.05) is 59.6 Å². The van der Waals surface area contributed by atoms with Crippen LogP contribution in [0.3, 0.4) is 0 Å². The first-order valence-corrected chi connectivity index (χ1v) is 7.02. The predicted molar refractivity (Wildman–Crippen MR) is 84.1 cm³/mol. The molecule has 3 heteroatoms. The quantitative estimate of drug-likeness (QED) is 0.705. The molecule has 2 aromatic rings. The molecule has 102 valence electrons. The summed E-state index contributed by atoms with van der Waals surface area (Å²) in [7, 11) is 0. The molecule has 1 nitrogen and oxygen atoms in total. The van der Waals surface area contributed by atoms with Crippen molar-refractivity contribution in [1.29, 1.82) is 0 Å². The molecule has 2 rings (SSSR count). The van der Waals surface area contributed by atoms with Gasteiger partial charge in [0.15, 0.2) is 0 Å². The highest BCUT2D eigenvalue weighted by atomic mass is 35.5. The fraction of sp³-hybridized carbons (Fsp3) is 0.250. The SMILES string of the molecule is CCOCC.Clc1ccc(-c2ccccc2)cc1Cl. The van der Waals surface area contributed by atoms with E-state index in [-0.39, 0.29) is 0 Å². The Labute approximate surface area is 125 Å². The summed E-state index contributed by atoms with van der Waals surface area (Å²) in [6.45, 7) is 5.67. The van der Waals surface area contributed by atoms with E-state index in [1.165, 1.54) is 0 Å². The summed E-state index contributed by atoms with van der Waals surface area (Å²) in [5, 5.41) is 1.18. The lowest BCUT2D eigenvalue weighted by Crippen LogP contribution is -1.84. The van der Waals surface area contributed by atoms with Crippen LogP contribution in [0.5, 0.6) is 0 Å². The smallest absolute Gasteiger partial charge is 0.0598 e. The maximum absolute atomic E-state index is 5.93. The van der Waals surface area contributed by atoms with Gasteiger partial charge in [-0.2, -0.15) is 0 Å². The van der Waals surface area contributed by atoms with Crippen LogP contribution in [0.25, 0.3) is 11.1 Å². The topological polar surface area (TPSA) is 9.23 Å². The molecule has 0 bridgehead atoms. The first kappa shape index (κ1) is 16.0. The monoisotopic (exact) mass is 296 g/mol. The Kier molecular flexibility index (Phi) is 7.57. The number of halogens is 2. The van der Waals surface area contributed by atoms with Crippen molar-refractivity contribution in [3.63, 3.8) is 0 Å². The molecule has 0 aromatic heterocycles. The first-order valence-electron chi connectivity index (χ1n) is 6.27. The van der Waals surface area contributed by atoms with Crippen molar-refractivity contribution in [1.82, 2.24) is 0 Å². The Morgan fingerprint density at radius 2 is 1.42 bits per heavy atom. The average Bonchev–Trinajstić information content (AvgIpc) is 2.44. The molecule has 0 aliphatic heterocycles. The molecule has 2 aromatic carbocycles. The Bertz CT molecular complexity index is 481. The number of hydrogen-bond donors (Lipinski definition) is 0. The molecule has 0 amide bonds. The third kappa shape index (κ3) is 5.65. The fourth-order valence-electron chi connectivity index (χ4n) is 1.51. The molecule has 19 heavy (non-hydrogen) atoms. The van der Waals surface area contributed by atoms with Gasteiger partial charge >= 0.3 is 0 Å². The van der Waals surface area contributed by atoms with E-state index in [4.69, 9.17) is 27.9 Å². The number of hydrogen-bond acceptors (Lipinski definition) is 1. The van der Waals surface area contributed by atoms with E-state index in [2.05, 4.69) is 0 Å². The second-order valence-corrected chi connectivity index (χ2v) is 4.59. The molecule has 0 aliphatic rings. The Morgan fingerprint density at radius 3 is 1.89 bits per heavy atom. The largest absolute Gasteiger partial charge is 0.382 e. The van der Waals surface area contributed by atoms with Crippen molar-refractivity contribution in [2.45, 2.75) is 13.8 Å². The van der Waals surface area contributed by atoms with Crippen molar-refractivity contribution < 1.29 is 4.74 Å². The van der Waals surface area contributed by atoms with Crippen LogP contribution in [0, 0.1) is 0 Å². The van der Waals surface area contributed by atoms with Gasteiger partial charge in [-0.25, -0.2) is 0 Å². The zero-order valence-electron chi connectivity index (χ0n) is 11.2. The molecule has 0 saturated carbocycles. The third-order valence-electron chi connectivity index (χ3n) is 2.43. The van der Waals surface area contributed by atoms with Crippen LogP contribution in [0.4, 0.5) is 0 Å². The van der Waals surface area contributed by atoms with Gasteiger partial charge in [0.25, 0.3) is 0 Å². The van der Waals surface area contributed by atoms with Crippen molar-refractivity contribution in [2.24, 2.45) is 0 Å². The van der Waals surface area contributed by atoms with Gasteiger partial charge in [0.05, 0.1) is 10.0 Å². The first-order chi connectivity index (χ1) is 9.19. The molecule has 0 heterocycles. The second kappa shape index (κ2) is 8.98. The van der Waals surface area contributed by atoms with Crippen LogP contribution in [-0.2, 0) is 4.74 Å². The maximum atomic E-state index is 5.93. The summed E-state index contributed by atoms with van der Waals surface area (Å²) in [6.07, 6.45) is 0. The van der Waals surface area contributed by atoms with Gasteiger partial charge in [0.2, 0.25) is 0 Å². The minimum Gasteiger partial charge on any atom is -0.382 e. The summed E-state index contributed by atoms with van der Waals surface area (Å²) in [5.41, 5.74) is 2.23. The van der Waals surface area contributed by atoms with Crippen molar-refractivity contribution in [3.05, 3.63) is 58.6 Å². The molecular formula is C16H18Cl2O. The Hall–Kier alpha value is -1.02. The van der Waals surface area contributed by atoms with E-state index in [9.17, 15) is 0 Å². The van der Waals surface area contributed by atoms with Crippen LogP contribution < -0.4 is 0 Å². The summed E-state index contributed by atoms with van der Waals surface area (Å²) < 4.78 is 4.83. The third-order valence-corrected chi connectivity index (χ3v) is 3.17. The van der Waals surface area contributed by atoms with Crippen LogP contribution in [0.15, 0.2) is 48.5 Å².